The van der Waals surface area contributed by atoms with E-state index in [0.29, 0.717) is 5.56 Å². The van der Waals surface area contributed by atoms with Gasteiger partial charge in [-0.1, -0.05) is 24.3 Å². The number of nitrogens with zero attached hydrogens (tertiary/aromatic N) is 4. The number of alkyl halides is 3. The van der Waals surface area contributed by atoms with Crippen molar-refractivity contribution in [3.8, 4) is 0 Å². The van der Waals surface area contributed by atoms with Gasteiger partial charge in [-0.15, -0.1) is 0 Å². The van der Waals surface area contributed by atoms with Crippen LogP contribution in [0, 0.1) is 5.82 Å². The van der Waals surface area contributed by atoms with Crippen molar-refractivity contribution in [3.05, 3.63) is 93.9 Å². The van der Waals surface area contributed by atoms with E-state index in [2.05, 4.69) is 15.4 Å². The number of benzene rings is 2. The quantitative estimate of drug-likeness (QED) is 0.449. The van der Waals surface area contributed by atoms with E-state index in [1.54, 1.807) is 6.07 Å². The Hall–Kier alpha value is -4.02. The highest BCUT2D eigenvalue weighted by Gasteiger charge is 2.30. The number of amides is 1. The molecule has 0 saturated carbocycles. The van der Waals surface area contributed by atoms with Gasteiger partial charge in [0.05, 0.1) is 30.4 Å². The molecule has 0 fully saturated rings. The lowest BCUT2D eigenvalue weighted by atomic mass is 10.1. The van der Waals surface area contributed by atoms with Crippen LogP contribution in [0.2, 0.25) is 0 Å². The first kappa shape index (κ1) is 22.2. The number of rotatable bonds is 6. The average Bonchev–Trinajstić information content (AvgIpc) is 3.19. The molecule has 33 heavy (non-hydrogen) atoms. The van der Waals surface area contributed by atoms with Crippen LogP contribution in [0.3, 0.4) is 0 Å². The number of aromatic nitrogens is 4. The summed E-state index contributed by atoms with van der Waals surface area (Å²) in [7, 11) is 0. The molecule has 0 radical (unpaired) electrons. The molecule has 7 nitrogen and oxygen atoms in total. The van der Waals surface area contributed by atoms with Crippen LogP contribution >= 0.6 is 0 Å². The predicted octanol–water partition coefficient (Wildman–Crippen LogP) is 3.23. The van der Waals surface area contributed by atoms with Crippen LogP contribution in [0.15, 0.2) is 65.8 Å². The van der Waals surface area contributed by atoms with Gasteiger partial charge in [0.1, 0.15) is 17.5 Å². The highest BCUT2D eigenvalue weighted by molar-refractivity contribution is 5.94. The summed E-state index contributed by atoms with van der Waals surface area (Å²) < 4.78 is 55.1. The summed E-state index contributed by atoms with van der Waals surface area (Å²) in [5.74, 6) is -1.22. The Balaban J connectivity index is 1.48. The molecule has 0 unspecified atom stereocenters. The lowest BCUT2D eigenvalue weighted by Gasteiger charge is -2.10. The molecule has 0 aliphatic heterocycles. The van der Waals surface area contributed by atoms with Gasteiger partial charge in [-0.3, -0.25) is 14.2 Å². The van der Waals surface area contributed by atoms with Gasteiger partial charge < -0.3 is 5.32 Å². The third-order valence-corrected chi connectivity index (χ3v) is 4.96. The SMILES string of the molecule is O=C(NCCn1ncc2c(=O)n(Cc3cccc(C(F)(F)F)c3)cnc21)c1ccccc1F. The second kappa shape index (κ2) is 8.85. The Morgan fingerprint density at radius 1 is 1.09 bits per heavy atom. The lowest BCUT2D eigenvalue weighted by molar-refractivity contribution is -0.137. The molecule has 0 saturated heterocycles. The van der Waals surface area contributed by atoms with Crippen LogP contribution in [-0.4, -0.2) is 31.8 Å². The summed E-state index contributed by atoms with van der Waals surface area (Å²) >= 11 is 0. The summed E-state index contributed by atoms with van der Waals surface area (Å²) in [6.45, 7) is 0.197. The smallest absolute Gasteiger partial charge is 0.350 e. The zero-order valence-corrected chi connectivity index (χ0v) is 17.0. The molecule has 2 aromatic carbocycles. The number of fused-ring (bicyclic) bond motifs is 1. The average molecular weight is 459 g/mol. The van der Waals surface area contributed by atoms with E-state index in [1.165, 1.54) is 52.1 Å². The van der Waals surface area contributed by atoms with Gasteiger partial charge in [0.25, 0.3) is 11.5 Å². The van der Waals surface area contributed by atoms with E-state index in [4.69, 9.17) is 0 Å². The van der Waals surface area contributed by atoms with E-state index in [0.717, 1.165) is 12.1 Å². The Morgan fingerprint density at radius 3 is 2.64 bits per heavy atom. The van der Waals surface area contributed by atoms with Crippen LogP contribution in [0.4, 0.5) is 17.6 Å². The first-order valence-corrected chi connectivity index (χ1v) is 9.84. The third-order valence-electron chi connectivity index (χ3n) is 4.96. The largest absolute Gasteiger partial charge is 0.416 e. The van der Waals surface area contributed by atoms with Gasteiger partial charge in [-0.25, -0.2) is 14.1 Å². The fraction of sp³-hybridized carbons (Fsp3) is 0.182. The van der Waals surface area contributed by atoms with Crippen LogP contribution in [0.25, 0.3) is 11.0 Å². The van der Waals surface area contributed by atoms with Crippen molar-refractivity contribution >= 4 is 16.9 Å². The van der Waals surface area contributed by atoms with Crippen LogP contribution in [-0.2, 0) is 19.3 Å². The van der Waals surface area contributed by atoms with E-state index < -0.39 is 29.0 Å². The monoisotopic (exact) mass is 459 g/mol. The highest BCUT2D eigenvalue weighted by atomic mass is 19.4. The zero-order valence-electron chi connectivity index (χ0n) is 17.0. The first-order chi connectivity index (χ1) is 15.7. The molecule has 4 rings (SSSR count). The zero-order chi connectivity index (χ0) is 23.6. The Kier molecular flexibility index (Phi) is 5.95. The predicted molar refractivity (Wildman–Crippen MR) is 111 cm³/mol. The van der Waals surface area contributed by atoms with Gasteiger partial charge in [0, 0.05) is 6.54 Å². The van der Waals surface area contributed by atoms with Crippen molar-refractivity contribution in [3.63, 3.8) is 0 Å². The van der Waals surface area contributed by atoms with Gasteiger partial charge in [0.2, 0.25) is 0 Å². The summed E-state index contributed by atoms with van der Waals surface area (Å²) in [6, 6.07) is 10.3. The highest BCUT2D eigenvalue weighted by Crippen LogP contribution is 2.29. The summed E-state index contributed by atoms with van der Waals surface area (Å²) in [5.41, 5.74) is -0.776. The summed E-state index contributed by atoms with van der Waals surface area (Å²) in [4.78, 5) is 29.1. The molecule has 0 aliphatic rings. The second-order valence-corrected chi connectivity index (χ2v) is 7.22. The second-order valence-electron chi connectivity index (χ2n) is 7.22. The van der Waals surface area contributed by atoms with Crippen molar-refractivity contribution in [2.24, 2.45) is 0 Å². The van der Waals surface area contributed by atoms with Gasteiger partial charge in [-0.2, -0.15) is 18.3 Å². The Labute approximate surface area is 184 Å². The fourth-order valence-electron chi connectivity index (χ4n) is 3.33. The molecule has 1 amide bonds. The minimum Gasteiger partial charge on any atom is -0.350 e. The molecule has 2 heterocycles. The topological polar surface area (TPSA) is 81.8 Å². The molecule has 11 heteroatoms. The van der Waals surface area contributed by atoms with Gasteiger partial charge in [-0.05, 0) is 29.8 Å². The summed E-state index contributed by atoms with van der Waals surface area (Å²) in [5, 5.41) is 6.87. The normalized spacial score (nSPS) is 11.6. The number of halogens is 4. The molecule has 170 valence electrons. The van der Waals surface area contributed by atoms with Crippen molar-refractivity contribution < 1.29 is 22.4 Å². The molecular formula is C22H17F4N5O2. The molecule has 0 atom stereocenters. The molecule has 4 aromatic rings. The maximum absolute atomic E-state index is 13.7. The minimum atomic E-state index is -4.48. The maximum Gasteiger partial charge on any atom is 0.416 e. The third kappa shape index (κ3) is 4.76. The minimum absolute atomic E-state index is 0.0848. The number of carbonyl (C=O) groups is 1. The molecule has 1 N–H and O–H groups in total. The number of nitrogens with one attached hydrogen (secondary N) is 1. The Bertz CT molecular complexity index is 1380. The van der Waals surface area contributed by atoms with Crippen LogP contribution < -0.4 is 10.9 Å². The maximum atomic E-state index is 13.7. The van der Waals surface area contributed by atoms with Crippen LogP contribution in [0.5, 0.6) is 0 Å². The van der Waals surface area contributed by atoms with Crippen molar-refractivity contribution in [1.29, 1.82) is 0 Å². The van der Waals surface area contributed by atoms with Gasteiger partial charge >= 0.3 is 6.18 Å². The molecule has 0 aliphatic carbocycles. The lowest BCUT2D eigenvalue weighted by Crippen LogP contribution is -2.28. The van der Waals surface area contributed by atoms with Crippen molar-refractivity contribution in [1.82, 2.24) is 24.6 Å². The standard InChI is InChI=1S/C22H17F4N5O2/c23-18-7-2-1-6-16(18)20(32)27-8-9-31-19-17(11-29-31)21(33)30(13-28-19)12-14-4-3-5-15(10-14)22(24,25)26/h1-7,10-11,13H,8-9,12H2,(H,27,32). The van der Waals surface area contributed by atoms with Crippen molar-refractivity contribution in [2.75, 3.05) is 6.54 Å². The molecular weight excluding hydrogens is 442 g/mol. The van der Waals surface area contributed by atoms with E-state index in [1.807, 2.05) is 0 Å². The van der Waals surface area contributed by atoms with E-state index in [9.17, 15) is 27.2 Å². The number of hydrogen-bond donors (Lipinski definition) is 1. The Morgan fingerprint density at radius 2 is 1.88 bits per heavy atom. The summed E-state index contributed by atoms with van der Waals surface area (Å²) in [6.07, 6.45) is -1.93. The van der Waals surface area contributed by atoms with Crippen molar-refractivity contribution in [2.45, 2.75) is 19.3 Å². The van der Waals surface area contributed by atoms with E-state index >= 15 is 0 Å². The van der Waals surface area contributed by atoms with E-state index in [-0.39, 0.29) is 36.2 Å². The number of hydrogen-bond acceptors (Lipinski definition) is 4. The number of carbonyl (C=O) groups excluding carboxylic acids is 1. The molecule has 2 aromatic heterocycles. The van der Waals surface area contributed by atoms with Gasteiger partial charge in [0.15, 0.2) is 5.65 Å². The first-order valence-electron chi connectivity index (χ1n) is 9.84. The fourth-order valence-corrected chi connectivity index (χ4v) is 3.33. The van der Waals surface area contributed by atoms with Crippen LogP contribution in [0.1, 0.15) is 21.5 Å². The molecule has 0 bridgehead atoms. The molecule has 0 spiro atoms.